The second kappa shape index (κ2) is 11.0. The van der Waals surface area contributed by atoms with Crippen LogP contribution in [0.5, 0.6) is 0 Å². The van der Waals surface area contributed by atoms with Gasteiger partial charge in [-0.25, -0.2) is 4.79 Å². The summed E-state index contributed by atoms with van der Waals surface area (Å²) in [5.41, 5.74) is 2.82. The Kier molecular flexibility index (Phi) is 8.64. The van der Waals surface area contributed by atoms with E-state index in [2.05, 4.69) is 17.6 Å². The Labute approximate surface area is 178 Å². The summed E-state index contributed by atoms with van der Waals surface area (Å²) < 4.78 is 5.27. The first-order valence-electron chi connectivity index (χ1n) is 10.2. The molecule has 7 heteroatoms. The fourth-order valence-electron chi connectivity index (χ4n) is 3.29. The first kappa shape index (κ1) is 22.9. The zero-order valence-corrected chi connectivity index (χ0v) is 18.5. The van der Waals surface area contributed by atoms with E-state index in [1.807, 2.05) is 38.2 Å². The number of anilines is 1. The molecule has 29 heavy (non-hydrogen) atoms. The molecule has 1 aliphatic rings. The highest BCUT2D eigenvalue weighted by molar-refractivity contribution is 7.80. The number of rotatable bonds is 9. The average Bonchev–Trinajstić information content (AvgIpc) is 2.69. The van der Waals surface area contributed by atoms with Crippen LogP contribution in [0, 0.1) is 0 Å². The Hall–Kier alpha value is -2.41. The maximum Gasteiger partial charge on any atom is 0.338 e. The molecular weight excluding hydrogens is 386 g/mol. The molecular formula is C22H31N3O3S. The number of carbonyl (C=O) groups is 2. The molecule has 0 aromatic heterocycles. The normalized spacial score (nSPS) is 16.5. The Morgan fingerprint density at radius 1 is 1.24 bits per heavy atom. The Bertz CT molecular complexity index is 791. The van der Waals surface area contributed by atoms with Gasteiger partial charge in [0.25, 0.3) is 0 Å². The lowest BCUT2D eigenvalue weighted by Crippen LogP contribution is -2.46. The van der Waals surface area contributed by atoms with Gasteiger partial charge < -0.3 is 20.3 Å². The molecule has 2 N–H and O–H groups in total. The van der Waals surface area contributed by atoms with Crippen LogP contribution in [0.3, 0.4) is 0 Å². The molecule has 1 aliphatic heterocycles. The molecule has 2 rings (SSSR count). The fourth-order valence-corrected chi connectivity index (χ4v) is 3.55. The summed E-state index contributed by atoms with van der Waals surface area (Å²) in [5, 5.41) is 6.71. The molecule has 1 aromatic carbocycles. The fraction of sp³-hybridized carbons (Fsp3) is 0.500. The highest BCUT2D eigenvalue weighted by atomic mass is 32.1. The zero-order chi connectivity index (χ0) is 21.4. The van der Waals surface area contributed by atoms with Gasteiger partial charge in [-0.15, -0.1) is 0 Å². The van der Waals surface area contributed by atoms with E-state index in [0.29, 0.717) is 29.4 Å². The van der Waals surface area contributed by atoms with Gasteiger partial charge in [-0.1, -0.05) is 38.3 Å². The topological polar surface area (TPSA) is 70.7 Å². The van der Waals surface area contributed by atoms with Gasteiger partial charge in [-0.2, -0.15) is 0 Å². The van der Waals surface area contributed by atoms with Gasteiger partial charge in [0.05, 0.1) is 18.2 Å². The van der Waals surface area contributed by atoms with Gasteiger partial charge in [0.2, 0.25) is 5.91 Å². The molecule has 158 valence electrons. The van der Waals surface area contributed by atoms with Crippen molar-refractivity contribution in [2.45, 2.75) is 58.9 Å². The third-order valence-corrected chi connectivity index (χ3v) is 5.40. The van der Waals surface area contributed by atoms with Gasteiger partial charge in [0.1, 0.15) is 0 Å². The Balaban J connectivity index is 2.21. The predicted molar refractivity (Wildman–Crippen MR) is 119 cm³/mol. The van der Waals surface area contributed by atoms with Crippen molar-refractivity contribution in [2.24, 2.45) is 0 Å². The van der Waals surface area contributed by atoms with Gasteiger partial charge >= 0.3 is 5.97 Å². The van der Waals surface area contributed by atoms with Gasteiger partial charge in [-0.05, 0) is 50.2 Å². The summed E-state index contributed by atoms with van der Waals surface area (Å²) in [4.78, 5) is 26.6. The number of hydrogen-bond acceptors (Lipinski definition) is 4. The number of amides is 1. The molecule has 1 atom stereocenters. The molecule has 0 radical (unpaired) electrons. The SMILES string of the molecule is CCCCCCC(=O)Nc1cccc([C@H]2NC(=S)N(C)C(C)=C2C(=O)OCC)c1. The van der Waals surface area contributed by atoms with E-state index in [-0.39, 0.29) is 11.9 Å². The van der Waals surface area contributed by atoms with Crippen LogP contribution in [0.25, 0.3) is 0 Å². The van der Waals surface area contributed by atoms with Crippen LogP contribution in [-0.2, 0) is 14.3 Å². The highest BCUT2D eigenvalue weighted by Crippen LogP contribution is 2.31. The van der Waals surface area contributed by atoms with E-state index in [1.165, 1.54) is 0 Å². The molecule has 0 bridgehead atoms. The number of thiocarbonyl (C=S) groups is 1. The molecule has 0 saturated carbocycles. The van der Waals surface area contributed by atoms with Crippen LogP contribution in [0.2, 0.25) is 0 Å². The summed E-state index contributed by atoms with van der Waals surface area (Å²) in [7, 11) is 1.81. The molecule has 0 aliphatic carbocycles. The largest absolute Gasteiger partial charge is 0.463 e. The van der Waals surface area contributed by atoms with Crippen molar-refractivity contribution < 1.29 is 14.3 Å². The minimum Gasteiger partial charge on any atom is -0.463 e. The summed E-state index contributed by atoms with van der Waals surface area (Å²) in [6, 6.07) is 7.07. The van der Waals surface area contributed by atoms with Gasteiger partial charge in [-0.3, -0.25) is 4.79 Å². The Morgan fingerprint density at radius 3 is 2.69 bits per heavy atom. The number of ether oxygens (including phenoxy) is 1. The van der Waals surface area contributed by atoms with Crippen molar-refractivity contribution in [3.05, 3.63) is 41.1 Å². The van der Waals surface area contributed by atoms with Crippen LogP contribution in [0.1, 0.15) is 64.5 Å². The lowest BCUT2D eigenvalue weighted by Gasteiger charge is -2.35. The van der Waals surface area contributed by atoms with Crippen LogP contribution >= 0.6 is 12.2 Å². The summed E-state index contributed by atoms with van der Waals surface area (Å²) in [6.45, 7) is 6.08. The molecule has 1 aromatic rings. The van der Waals surface area contributed by atoms with Crippen LogP contribution in [0.15, 0.2) is 35.5 Å². The Morgan fingerprint density at radius 2 is 2.00 bits per heavy atom. The van der Waals surface area contributed by atoms with Crippen molar-refractivity contribution in [3.63, 3.8) is 0 Å². The highest BCUT2D eigenvalue weighted by Gasteiger charge is 2.33. The van der Waals surface area contributed by atoms with Gasteiger partial charge in [0.15, 0.2) is 5.11 Å². The zero-order valence-electron chi connectivity index (χ0n) is 17.7. The molecule has 0 fully saturated rings. The van der Waals surface area contributed by atoms with E-state index >= 15 is 0 Å². The summed E-state index contributed by atoms with van der Waals surface area (Å²) in [6.07, 6.45) is 4.75. The van der Waals surface area contributed by atoms with E-state index in [4.69, 9.17) is 17.0 Å². The van der Waals surface area contributed by atoms with Crippen LogP contribution in [0.4, 0.5) is 5.69 Å². The quantitative estimate of drug-likeness (QED) is 0.355. The second-order valence-corrected chi connectivity index (χ2v) is 7.53. The van der Waals surface area contributed by atoms with E-state index in [0.717, 1.165) is 36.9 Å². The first-order valence-corrected chi connectivity index (χ1v) is 10.6. The number of benzene rings is 1. The number of nitrogens with zero attached hydrogens (tertiary/aromatic N) is 1. The predicted octanol–water partition coefficient (Wildman–Crippen LogP) is 4.29. The smallest absolute Gasteiger partial charge is 0.338 e. The minimum absolute atomic E-state index is 0.00227. The van der Waals surface area contributed by atoms with E-state index in [1.54, 1.807) is 11.8 Å². The molecule has 1 amide bonds. The number of unbranched alkanes of at least 4 members (excludes halogenated alkanes) is 3. The third kappa shape index (κ3) is 6.03. The number of hydrogen-bond donors (Lipinski definition) is 2. The van der Waals surface area contributed by atoms with Gasteiger partial charge in [0, 0.05) is 24.9 Å². The molecule has 6 nitrogen and oxygen atoms in total. The summed E-state index contributed by atoms with van der Waals surface area (Å²) >= 11 is 5.42. The second-order valence-electron chi connectivity index (χ2n) is 7.15. The maximum absolute atomic E-state index is 12.6. The van der Waals surface area contributed by atoms with Crippen LogP contribution < -0.4 is 10.6 Å². The minimum atomic E-state index is -0.431. The first-order chi connectivity index (χ1) is 13.9. The van der Waals surface area contributed by atoms with E-state index in [9.17, 15) is 9.59 Å². The third-order valence-electron chi connectivity index (χ3n) is 5.01. The van der Waals surface area contributed by atoms with Crippen molar-refractivity contribution >= 4 is 34.9 Å². The van der Waals surface area contributed by atoms with E-state index < -0.39 is 6.04 Å². The monoisotopic (exact) mass is 417 g/mol. The molecule has 0 saturated heterocycles. The average molecular weight is 418 g/mol. The lowest BCUT2D eigenvalue weighted by molar-refractivity contribution is -0.139. The van der Waals surface area contributed by atoms with Crippen molar-refractivity contribution in [1.29, 1.82) is 0 Å². The standard InChI is InChI=1S/C22H31N3O3S/c1-5-7-8-9-13-18(26)23-17-12-10-11-16(14-17)20-19(21(27)28-6-2)15(3)25(4)22(29)24-20/h10-12,14,20H,5-9,13H2,1-4H3,(H,23,26)(H,24,29)/t20-/m1/s1. The summed E-state index contributed by atoms with van der Waals surface area (Å²) in [5.74, 6) is -0.371. The number of allylic oxidation sites excluding steroid dienone is 1. The molecule has 0 spiro atoms. The maximum atomic E-state index is 12.6. The lowest BCUT2D eigenvalue weighted by atomic mass is 9.95. The van der Waals surface area contributed by atoms with Crippen molar-refractivity contribution in [3.8, 4) is 0 Å². The molecule has 1 heterocycles. The van der Waals surface area contributed by atoms with Crippen LogP contribution in [-0.4, -0.2) is 35.5 Å². The molecule has 0 unspecified atom stereocenters. The number of esters is 1. The number of carbonyl (C=O) groups excluding carboxylic acids is 2. The van der Waals surface area contributed by atoms with Crippen molar-refractivity contribution in [2.75, 3.05) is 19.0 Å². The number of nitrogens with one attached hydrogen (secondary N) is 2. The van der Waals surface area contributed by atoms with Crippen molar-refractivity contribution in [1.82, 2.24) is 10.2 Å².